The second kappa shape index (κ2) is 7.29. The van der Waals surface area contributed by atoms with E-state index in [1.54, 1.807) is 0 Å². The molecule has 0 atom stereocenters. The maximum Gasteiger partial charge on any atom is 0.137 e. The van der Waals surface area contributed by atoms with Gasteiger partial charge in [0.2, 0.25) is 0 Å². The van der Waals surface area contributed by atoms with Gasteiger partial charge in [-0.1, -0.05) is 25.8 Å². The molecule has 0 fully saturated rings. The smallest absolute Gasteiger partial charge is 0.137 e. The first-order valence-electron chi connectivity index (χ1n) is 5.25. The molecule has 84 valence electrons. The third-order valence-electron chi connectivity index (χ3n) is 2.14. The van der Waals surface area contributed by atoms with Gasteiger partial charge in [0.1, 0.15) is 5.82 Å². The minimum atomic E-state index is -0.185. The van der Waals surface area contributed by atoms with Crippen molar-refractivity contribution >= 4 is 27.7 Å². The van der Waals surface area contributed by atoms with E-state index in [1.165, 1.54) is 36.6 Å². The average Bonchev–Trinajstić information content (AvgIpc) is 2.23. The molecule has 0 saturated carbocycles. The van der Waals surface area contributed by atoms with Crippen molar-refractivity contribution in [2.45, 2.75) is 31.9 Å². The van der Waals surface area contributed by atoms with Gasteiger partial charge < -0.3 is 0 Å². The molecule has 0 aliphatic rings. The molecule has 0 spiro atoms. The number of hydrogen-bond acceptors (Lipinski definition) is 1. The molecule has 0 unspecified atom stereocenters. The van der Waals surface area contributed by atoms with Crippen LogP contribution in [0.1, 0.15) is 31.7 Å². The SMILES string of the molecule is CCCCCSCc1ccc(F)c(Br)c1. The van der Waals surface area contributed by atoms with Crippen molar-refractivity contribution in [1.29, 1.82) is 0 Å². The Morgan fingerprint density at radius 2 is 2.13 bits per heavy atom. The van der Waals surface area contributed by atoms with E-state index in [0.717, 1.165) is 5.75 Å². The van der Waals surface area contributed by atoms with Gasteiger partial charge >= 0.3 is 0 Å². The zero-order valence-electron chi connectivity index (χ0n) is 8.93. The molecule has 3 heteroatoms. The van der Waals surface area contributed by atoms with Crippen LogP contribution in [0.15, 0.2) is 22.7 Å². The molecule has 15 heavy (non-hydrogen) atoms. The van der Waals surface area contributed by atoms with Gasteiger partial charge in [-0.05, 0) is 45.8 Å². The van der Waals surface area contributed by atoms with Crippen molar-refractivity contribution in [3.8, 4) is 0 Å². The highest BCUT2D eigenvalue weighted by molar-refractivity contribution is 9.10. The van der Waals surface area contributed by atoms with Crippen LogP contribution in [-0.2, 0) is 5.75 Å². The standard InChI is InChI=1S/C12H16BrFS/c1-2-3-4-7-15-9-10-5-6-12(14)11(13)8-10/h5-6,8H,2-4,7,9H2,1H3. The Hall–Kier alpha value is -0.0200. The molecule has 1 aromatic carbocycles. The first kappa shape index (κ1) is 13.0. The normalized spacial score (nSPS) is 10.6. The summed E-state index contributed by atoms with van der Waals surface area (Å²) in [6.07, 6.45) is 3.85. The summed E-state index contributed by atoms with van der Waals surface area (Å²) in [5, 5.41) is 0. The topological polar surface area (TPSA) is 0 Å². The fourth-order valence-electron chi connectivity index (χ4n) is 1.27. The maximum absolute atomic E-state index is 12.9. The minimum Gasteiger partial charge on any atom is -0.206 e. The van der Waals surface area contributed by atoms with Gasteiger partial charge in [0, 0.05) is 5.75 Å². The number of thioether (sulfide) groups is 1. The summed E-state index contributed by atoms with van der Waals surface area (Å²) in [6, 6.07) is 5.24. The molecule has 0 nitrogen and oxygen atoms in total. The second-order valence-corrected chi connectivity index (χ2v) is 5.47. The Labute approximate surface area is 104 Å². The fourth-order valence-corrected chi connectivity index (χ4v) is 2.67. The van der Waals surface area contributed by atoms with Gasteiger partial charge in [-0.2, -0.15) is 11.8 Å². The van der Waals surface area contributed by atoms with E-state index >= 15 is 0 Å². The molecule has 0 saturated heterocycles. The van der Waals surface area contributed by atoms with Gasteiger partial charge in [0.15, 0.2) is 0 Å². The summed E-state index contributed by atoms with van der Waals surface area (Å²) >= 11 is 5.11. The van der Waals surface area contributed by atoms with Gasteiger partial charge in [-0.15, -0.1) is 0 Å². The van der Waals surface area contributed by atoms with Gasteiger partial charge in [0.05, 0.1) is 4.47 Å². The Bertz CT molecular complexity index is 302. The quantitative estimate of drug-likeness (QED) is 0.664. The zero-order chi connectivity index (χ0) is 11.1. The first-order chi connectivity index (χ1) is 7.24. The lowest BCUT2D eigenvalue weighted by Crippen LogP contribution is -1.86. The zero-order valence-corrected chi connectivity index (χ0v) is 11.3. The number of benzene rings is 1. The Kier molecular flexibility index (Phi) is 6.34. The predicted octanol–water partition coefficient (Wildman–Crippen LogP) is 5.01. The maximum atomic E-state index is 12.9. The highest BCUT2D eigenvalue weighted by Gasteiger charge is 2.00. The highest BCUT2D eigenvalue weighted by atomic mass is 79.9. The summed E-state index contributed by atoms with van der Waals surface area (Å²) in [5.74, 6) is 1.99. The lowest BCUT2D eigenvalue weighted by molar-refractivity contribution is 0.620. The Morgan fingerprint density at radius 3 is 2.80 bits per heavy atom. The third-order valence-corrected chi connectivity index (χ3v) is 3.87. The van der Waals surface area contributed by atoms with Crippen LogP contribution in [0, 0.1) is 5.82 Å². The molecule has 0 radical (unpaired) electrons. The van der Waals surface area contributed by atoms with E-state index in [-0.39, 0.29) is 5.82 Å². The van der Waals surface area contributed by atoms with E-state index in [9.17, 15) is 4.39 Å². The molecule has 0 aromatic heterocycles. The third kappa shape index (κ3) is 5.03. The van der Waals surface area contributed by atoms with E-state index in [2.05, 4.69) is 22.9 Å². The van der Waals surface area contributed by atoms with Crippen LogP contribution in [0.4, 0.5) is 4.39 Å². The summed E-state index contributed by atoms with van der Waals surface area (Å²) in [4.78, 5) is 0. The minimum absolute atomic E-state index is 0.185. The van der Waals surface area contributed by atoms with Crippen LogP contribution < -0.4 is 0 Å². The van der Waals surface area contributed by atoms with Crippen LogP contribution >= 0.6 is 27.7 Å². The summed E-state index contributed by atoms with van der Waals surface area (Å²) in [7, 11) is 0. The summed E-state index contributed by atoms with van der Waals surface area (Å²) in [5.41, 5.74) is 1.18. The Morgan fingerprint density at radius 1 is 1.33 bits per heavy atom. The van der Waals surface area contributed by atoms with Gasteiger partial charge in [-0.3, -0.25) is 0 Å². The van der Waals surface area contributed by atoms with Crippen molar-refractivity contribution in [2.75, 3.05) is 5.75 Å². The largest absolute Gasteiger partial charge is 0.206 e. The molecular formula is C12H16BrFS. The molecule has 0 amide bonds. The molecule has 0 bridgehead atoms. The van der Waals surface area contributed by atoms with Crippen LogP contribution in [0.2, 0.25) is 0 Å². The molecule has 1 rings (SSSR count). The monoisotopic (exact) mass is 290 g/mol. The van der Waals surface area contributed by atoms with E-state index in [0.29, 0.717) is 4.47 Å². The van der Waals surface area contributed by atoms with Crippen LogP contribution in [0.5, 0.6) is 0 Å². The molecule has 1 aromatic rings. The van der Waals surface area contributed by atoms with Gasteiger partial charge in [0.25, 0.3) is 0 Å². The highest BCUT2D eigenvalue weighted by Crippen LogP contribution is 2.20. The summed E-state index contributed by atoms with van der Waals surface area (Å²) in [6.45, 7) is 2.21. The average molecular weight is 291 g/mol. The molecule has 0 N–H and O–H groups in total. The predicted molar refractivity (Wildman–Crippen MR) is 69.8 cm³/mol. The van der Waals surface area contributed by atoms with Crippen LogP contribution in [0.25, 0.3) is 0 Å². The molecular weight excluding hydrogens is 275 g/mol. The Balaban J connectivity index is 2.28. The summed E-state index contributed by atoms with van der Waals surface area (Å²) < 4.78 is 13.5. The number of unbranched alkanes of at least 4 members (excludes halogenated alkanes) is 2. The van der Waals surface area contributed by atoms with Gasteiger partial charge in [-0.25, -0.2) is 4.39 Å². The number of hydrogen-bond donors (Lipinski definition) is 0. The van der Waals surface area contributed by atoms with Crippen LogP contribution in [-0.4, -0.2) is 5.75 Å². The van der Waals surface area contributed by atoms with Crippen molar-refractivity contribution in [2.24, 2.45) is 0 Å². The van der Waals surface area contributed by atoms with Crippen molar-refractivity contribution < 1.29 is 4.39 Å². The van der Waals surface area contributed by atoms with E-state index < -0.39 is 0 Å². The first-order valence-corrected chi connectivity index (χ1v) is 7.20. The van der Waals surface area contributed by atoms with Crippen molar-refractivity contribution in [1.82, 2.24) is 0 Å². The van der Waals surface area contributed by atoms with Crippen LogP contribution in [0.3, 0.4) is 0 Å². The second-order valence-electron chi connectivity index (χ2n) is 3.51. The molecule has 0 aliphatic heterocycles. The number of rotatable bonds is 6. The lowest BCUT2D eigenvalue weighted by atomic mass is 10.2. The van der Waals surface area contributed by atoms with Crippen molar-refractivity contribution in [3.05, 3.63) is 34.1 Å². The lowest BCUT2D eigenvalue weighted by Gasteiger charge is -2.02. The van der Waals surface area contributed by atoms with Crippen molar-refractivity contribution in [3.63, 3.8) is 0 Å². The molecule has 0 aliphatic carbocycles. The van der Waals surface area contributed by atoms with E-state index in [4.69, 9.17) is 0 Å². The number of halogens is 2. The fraction of sp³-hybridized carbons (Fsp3) is 0.500. The molecule has 0 heterocycles. The van der Waals surface area contributed by atoms with E-state index in [1.807, 2.05) is 23.9 Å².